The molecular weight excluding hydrogens is 280 g/mol. The molecule has 0 spiro atoms. The lowest BCUT2D eigenvalue weighted by atomic mass is 10.1. The number of hydrogen-bond donors (Lipinski definition) is 3. The fourth-order valence-corrected chi connectivity index (χ4v) is 1.83. The minimum Gasteiger partial charge on any atom is -0.497 e. The summed E-state index contributed by atoms with van der Waals surface area (Å²) in [6.45, 7) is 3.68. The normalized spacial score (nSPS) is 11.0. The Labute approximate surface area is 132 Å². The first kappa shape index (κ1) is 17.8. The van der Waals surface area contributed by atoms with Gasteiger partial charge in [-0.05, 0) is 30.5 Å². The Balaban J connectivity index is 2.27. The molecule has 0 unspecified atom stereocenters. The number of hydrogen-bond acceptors (Lipinski definition) is 3. The van der Waals surface area contributed by atoms with Crippen molar-refractivity contribution in [2.45, 2.75) is 19.8 Å². The molecule has 1 rings (SSSR count). The van der Waals surface area contributed by atoms with E-state index in [0.29, 0.717) is 12.5 Å². The molecular formula is C16H26N4O2. The van der Waals surface area contributed by atoms with Crippen molar-refractivity contribution in [3.8, 4) is 5.75 Å². The zero-order valence-electron chi connectivity index (χ0n) is 13.6. The topological polar surface area (TPSA) is 74.8 Å². The van der Waals surface area contributed by atoms with Gasteiger partial charge in [0.25, 0.3) is 0 Å². The quantitative estimate of drug-likeness (QED) is 0.493. The molecule has 0 aliphatic heterocycles. The van der Waals surface area contributed by atoms with Crippen molar-refractivity contribution in [1.82, 2.24) is 16.0 Å². The van der Waals surface area contributed by atoms with E-state index in [9.17, 15) is 4.79 Å². The second-order valence-corrected chi connectivity index (χ2v) is 4.80. The molecule has 0 aromatic heterocycles. The van der Waals surface area contributed by atoms with E-state index in [1.54, 1.807) is 14.2 Å². The SMILES string of the molecule is CCCNC(=O)CNC(=NC)NCCc1ccc(OC)cc1. The fourth-order valence-electron chi connectivity index (χ4n) is 1.83. The molecule has 0 atom stereocenters. The van der Waals surface area contributed by atoms with Crippen LogP contribution in [0.1, 0.15) is 18.9 Å². The first-order chi connectivity index (χ1) is 10.7. The van der Waals surface area contributed by atoms with Gasteiger partial charge in [0.1, 0.15) is 5.75 Å². The molecule has 0 fully saturated rings. The molecule has 0 aliphatic rings. The predicted octanol–water partition coefficient (Wildman–Crippen LogP) is 0.929. The van der Waals surface area contributed by atoms with Crippen LogP contribution in [0.5, 0.6) is 5.75 Å². The summed E-state index contributed by atoms with van der Waals surface area (Å²) in [6.07, 6.45) is 1.80. The van der Waals surface area contributed by atoms with Gasteiger partial charge in [-0.2, -0.15) is 0 Å². The van der Waals surface area contributed by atoms with Gasteiger partial charge in [0, 0.05) is 20.1 Å². The Hall–Kier alpha value is -2.24. The van der Waals surface area contributed by atoms with Gasteiger partial charge >= 0.3 is 0 Å². The summed E-state index contributed by atoms with van der Waals surface area (Å²) in [7, 11) is 3.34. The number of rotatable bonds is 8. The van der Waals surface area contributed by atoms with E-state index in [1.807, 2.05) is 31.2 Å². The lowest BCUT2D eigenvalue weighted by Crippen LogP contribution is -2.43. The minimum atomic E-state index is -0.0278. The highest BCUT2D eigenvalue weighted by molar-refractivity contribution is 5.86. The number of amides is 1. The Kier molecular flexibility index (Phi) is 8.49. The summed E-state index contributed by atoms with van der Waals surface area (Å²) < 4.78 is 5.13. The standard InChI is InChI=1S/C16H26N4O2/c1-4-10-18-15(21)12-20-16(17-2)19-11-9-13-5-7-14(22-3)8-6-13/h5-8H,4,9-12H2,1-3H3,(H,18,21)(H2,17,19,20). The summed E-state index contributed by atoms with van der Waals surface area (Å²) >= 11 is 0. The first-order valence-electron chi connectivity index (χ1n) is 7.53. The van der Waals surface area contributed by atoms with Crippen LogP contribution in [-0.2, 0) is 11.2 Å². The van der Waals surface area contributed by atoms with E-state index >= 15 is 0 Å². The summed E-state index contributed by atoms with van der Waals surface area (Å²) in [5.41, 5.74) is 1.21. The second-order valence-electron chi connectivity index (χ2n) is 4.80. The van der Waals surface area contributed by atoms with Crippen LogP contribution in [0.15, 0.2) is 29.3 Å². The number of ether oxygens (including phenoxy) is 1. The third kappa shape index (κ3) is 6.97. The number of aliphatic imine (C=N–C) groups is 1. The van der Waals surface area contributed by atoms with Crippen molar-refractivity contribution < 1.29 is 9.53 Å². The van der Waals surface area contributed by atoms with Gasteiger partial charge in [-0.1, -0.05) is 19.1 Å². The van der Waals surface area contributed by atoms with Crippen molar-refractivity contribution in [2.24, 2.45) is 4.99 Å². The lowest BCUT2D eigenvalue weighted by Gasteiger charge is -2.12. The van der Waals surface area contributed by atoms with Gasteiger partial charge in [-0.3, -0.25) is 9.79 Å². The molecule has 6 heteroatoms. The zero-order valence-corrected chi connectivity index (χ0v) is 13.6. The van der Waals surface area contributed by atoms with Crippen molar-refractivity contribution in [3.63, 3.8) is 0 Å². The van der Waals surface area contributed by atoms with Gasteiger partial charge in [0.15, 0.2) is 5.96 Å². The Bertz CT molecular complexity index is 472. The molecule has 0 aliphatic carbocycles. The molecule has 22 heavy (non-hydrogen) atoms. The van der Waals surface area contributed by atoms with Gasteiger partial charge in [-0.15, -0.1) is 0 Å². The number of methoxy groups -OCH3 is 1. The summed E-state index contributed by atoms with van der Waals surface area (Å²) in [5.74, 6) is 1.45. The van der Waals surface area contributed by atoms with Crippen LogP contribution in [0.25, 0.3) is 0 Å². The molecule has 6 nitrogen and oxygen atoms in total. The smallest absolute Gasteiger partial charge is 0.239 e. The molecule has 0 saturated heterocycles. The maximum atomic E-state index is 11.5. The van der Waals surface area contributed by atoms with Crippen LogP contribution < -0.4 is 20.7 Å². The predicted molar refractivity (Wildman–Crippen MR) is 89.4 cm³/mol. The van der Waals surface area contributed by atoms with E-state index in [0.717, 1.165) is 25.1 Å². The van der Waals surface area contributed by atoms with Crippen LogP contribution >= 0.6 is 0 Å². The van der Waals surface area contributed by atoms with Crippen molar-refractivity contribution in [3.05, 3.63) is 29.8 Å². The van der Waals surface area contributed by atoms with Crippen molar-refractivity contribution >= 4 is 11.9 Å². The summed E-state index contributed by atoms with van der Waals surface area (Å²) in [5, 5.41) is 8.98. The fraction of sp³-hybridized carbons (Fsp3) is 0.500. The van der Waals surface area contributed by atoms with E-state index in [-0.39, 0.29) is 12.5 Å². The number of carbonyl (C=O) groups excluding carboxylic acids is 1. The molecule has 0 heterocycles. The molecule has 0 saturated carbocycles. The van der Waals surface area contributed by atoms with Gasteiger partial charge in [0.05, 0.1) is 13.7 Å². The van der Waals surface area contributed by atoms with Gasteiger partial charge < -0.3 is 20.7 Å². The number of carbonyl (C=O) groups is 1. The third-order valence-electron chi connectivity index (χ3n) is 3.08. The van der Waals surface area contributed by atoms with Crippen LogP contribution in [-0.4, -0.2) is 45.7 Å². The molecule has 1 aromatic rings. The monoisotopic (exact) mass is 306 g/mol. The van der Waals surface area contributed by atoms with E-state index in [2.05, 4.69) is 20.9 Å². The van der Waals surface area contributed by atoms with Crippen LogP contribution in [0.2, 0.25) is 0 Å². The third-order valence-corrected chi connectivity index (χ3v) is 3.08. The van der Waals surface area contributed by atoms with Crippen molar-refractivity contribution in [1.29, 1.82) is 0 Å². The largest absolute Gasteiger partial charge is 0.497 e. The summed E-state index contributed by atoms with van der Waals surface area (Å²) in [4.78, 5) is 15.6. The first-order valence-corrected chi connectivity index (χ1v) is 7.53. The Morgan fingerprint density at radius 1 is 1.14 bits per heavy atom. The molecule has 1 aromatic carbocycles. The number of nitrogens with zero attached hydrogens (tertiary/aromatic N) is 1. The van der Waals surface area contributed by atoms with Crippen molar-refractivity contribution in [2.75, 3.05) is 33.8 Å². The molecule has 0 radical (unpaired) electrons. The molecule has 0 bridgehead atoms. The lowest BCUT2D eigenvalue weighted by molar-refractivity contribution is -0.120. The highest BCUT2D eigenvalue weighted by Gasteiger charge is 2.02. The number of nitrogens with one attached hydrogen (secondary N) is 3. The van der Waals surface area contributed by atoms with Crippen LogP contribution in [0, 0.1) is 0 Å². The van der Waals surface area contributed by atoms with E-state index in [4.69, 9.17) is 4.74 Å². The highest BCUT2D eigenvalue weighted by atomic mass is 16.5. The van der Waals surface area contributed by atoms with Gasteiger partial charge in [-0.25, -0.2) is 0 Å². The molecule has 122 valence electrons. The maximum absolute atomic E-state index is 11.5. The minimum absolute atomic E-state index is 0.0278. The number of benzene rings is 1. The highest BCUT2D eigenvalue weighted by Crippen LogP contribution is 2.11. The Morgan fingerprint density at radius 2 is 1.86 bits per heavy atom. The van der Waals surface area contributed by atoms with E-state index in [1.165, 1.54) is 5.56 Å². The maximum Gasteiger partial charge on any atom is 0.239 e. The average molecular weight is 306 g/mol. The van der Waals surface area contributed by atoms with E-state index < -0.39 is 0 Å². The van der Waals surface area contributed by atoms with Crippen LogP contribution in [0.3, 0.4) is 0 Å². The summed E-state index contributed by atoms with van der Waals surface area (Å²) in [6, 6.07) is 7.96. The zero-order chi connectivity index (χ0) is 16.2. The average Bonchev–Trinajstić information content (AvgIpc) is 2.56. The Morgan fingerprint density at radius 3 is 2.45 bits per heavy atom. The second kappa shape index (κ2) is 10.5. The molecule has 3 N–H and O–H groups in total. The molecule has 1 amide bonds. The van der Waals surface area contributed by atoms with Crippen LogP contribution in [0.4, 0.5) is 0 Å². The number of guanidine groups is 1. The van der Waals surface area contributed by atoms with Gasteiger partial charge in [0.2, 0.25) is 5.91 Å².